The average molecular weight is 557 g/mol. The van der Waals surface area contributed by atoms with Crippen molar-refractivity contribution in [1.82, 2.24) is 15.5 Å². The van der Waals surface area contributed by atoms with Gasteiger partial charge in [-0.3, -0.25) is 4.79 Å². The Hall–Kier alpha value is -1.35. The molecular weight excluding hydrogens is 515 g/mol. The number of guanidine groups is 1. The van der Waals surface area contributed by atoms with E-state index < -0.39 is 0 Å². The van der Waals surface area contributed by atoms with Crippen molar-refractivity contribution in [2.75, 3.05) is 32.8 Å². The van der Waals surface area contributed by atoms with Crippen molar-refractivity contribution in [3.63, 3.8) is 0 Å². The topological polar surface area (TPSA) is 77.0 Å². The highest BCUT2D eigenvalue weighted by atomic mass is 127. The van der Waals surface area contributed by atoms with Crippen LogP contribution < -0.4 is 10.6 Å². The lowest BCUT2D eigenvalue weighted by Gasteiger charge is -2.37. The molecule has 0 radical (unpaired) electrons. The van der Waals surface area contributed by atoms with Gasteiger partial charge in [0.2, 0.25) is 0 Å². The number of hydrogen-bond donors (Lipinski definition) is 3. The van der Waals surface area contributed by atoms with Gasteiger partial charge in [0.25, 0.3) is 5.91 Å². The first-order valence-electron chi connectivity index (χ1n) is 12.2. The van der Waals surface area contributed by atoms with Gasteiger partial charge in [-0.05, 0) is 68.6 Å². The molecule has 0 bridgehead atoms. The summed E-state index contributed by atoms with van der Waals surface area (Å²) in [5.74, 6) is 0.963. The number of benzene rings is 1. The van der Waals surface area contributed by atoms with E-state index in [0.29, 0.717) is 6.54 Å². The number of amides is 1. The average Bonchev–Trinajstić information content (AvgIpc) is 2.82. The Morgan fingerprint density at radius 3 is 2.31 bits per heavy atom. The molecule has 180 valence electrons. The zero-order valence-electron chi connectivity index (χ0n) is 19.6. The summed E-state index contributed by atoms with van der Waals surface area (Å²) in [5.41, 5.74) is 2.04. The maximum Gasteiger partial charge on any atom is 0.253 e. The molecule has 6 nitrogen and oxygen atoms in total. The number of likely N-dealkylation sites (tertiary alicyclic amines) is 1. The van der Waals surface area contributed by atoms with Crippen LogP contribution in [0.4, 0.5) is 0 Å². The summed E-state index contributed by atoms with van der Waals surface area (Å²) >= 11 is 0. The molecule has 3 N–H and O–H groups in total. The molecule has 0 atom stereocenters. The fraction of sp³-hybridized carbons (Fsp3) is 0.680. The molecule has 2 fully saturated rings. The number of carbonyl (C=O) groups is 1. The van der Waals surface area contributed by atoms with Gasteiger partial charge >= 0.3 is 0 Å². The minimum Gasteiger partial charge on any atom is -0.396 e. The SMILES string of the molecule is CCNC(=NCc1ccc(C(=O)N2CCCCC2)cc1)NCC1(CCO)CCCCC1.I. The Labute approximate surface area is 210 Å². The van der Waals surface area contributed by atoms with Crippen molar-refractivity contribution >= 4 is 35.8 Å². The molecule has 1 aliphatic heterocycles. The second-order valence-corrected chi connectivity index (χ2v) is 9.13. The Bertz CT molecular complexity index is 706. The van der Waals surface area contributed by atoms with Crippen LogP contribution in [0.1, 0.15) is 80.6 Å². The van der Waals surface area contributed by atoms with Gasteiger partial charge in [-0.1, -0.05) is 31.4 Å². The summed E-state index contributed by atoms with van der Waals surface area (Å²) in [5, 5.41) is 16.4. The molecule has 1 amide bonds. The third-order valence-electron chi connectivity index (χ3n) is 6.80. The van der Waals surface area contributed by atoms with Crippen LogP contribution in [-0.4, -0.2) is 54.7 Å². The van der Waals surface area contributed by atoms with Gasteiger partial charge in [0.05, 0.1) is 6.54 Å². The van der Waals surface area contributed by atoms with Gasteiger partial charge in [-0.25, -0.2) is 4.99 Å². The summed E-state index contributed by atoms with van der Waals surface area (Å²) < 4.78 is 0. The second-order valence-electron chi connectivity index (χ2n) is 9.13. The minimum absolute atomic E-state index is 0. The van der Waals surface area contributed by atoms with E-state index in [1.807, 2.05) is 29.2 Å². The van der Waals surface area contributed by atoms with E-state index in [9.17, 15) is 9.90 Å². The predicted octanol–water partition coefficient (Wildman–Crippen LogP) is 4.32. The van der Waals surface area contributed by atoms with Crippen LogP contribution in [0.3, 0.4) is 0 Å². The maximum atomic E-state index is 12.6. The molecular formula is C25H41IN4O2. The van der Waals surface area contributed by atoms with Crippen LogP contribution in [0, 0.1) is 5.41 Å². The number of rotatable bonds is 8. The number of hydrogen-bond acceptors (Lipinski definition) is 3. The highest BCUT2D eigenvalue weighted by molar-refractivity contribution is 14.0. The van der Waals surface area contributed by atoms with Crippen molar-refractivity contribution in [3.8, 4) is 0 Å². The van der Waals surface area contributed by atoms with E-state index in [4.69, 9.17) is 4.99 Å². The van der Waals surface area contributed by atoms with Crippen LogP contribution in [-0.2, 0) is 6.54 Å². The van der Waals surface area contributed by atoms with Crippen LogP contribution in [0.25, 0.3) is 0 Å². The minimum atomic E-state index is 0. The lowest BCUT2D eigenvalue weighted by molar-refractivity contribution is 0.0724. The van der Waals surface area contributed by atoms with Crippen LogP contribution in [0.15, 0.2) is 29.3 Å². The quantitative estimate of drug-likeness (QED) is 0.253. The number of nitrogens with one attached hydrogen (secondary N) is 2. The first-order chi connectivity index (χ1) is 15.2. The monoisotopic (exact) mass is 556 g/mol. The van der Waals surface area contributed by atoms with E-state index in [2.05, 4.69) is 17.6 Å². The molecule has 1 aromatic rings. The van der Waals surface area contributed by atoms with Crippen LogP contribution >= 0.6 is 24.0 Å². The summed E-state index contributed by atoms with van der Waals surface area (Å²) in [6, 6.07) is 7.89. The van der Waals surface area contributed by atoms with E-state index in [0.717, 1.165) is 62.5 Å². The summed E-state index contributed by atoms with van der Waals surface area (Å²) in [7, 11) is 0. The molecule has 32 heavy (non-hydrogen) atoms. The second kappa shape index (κ2) is 14.0. The normalized spacial score (nSPS) is 18.6. The van der Waals surface area contributed by atoms with Crippen molar-refractivity contribution < 1.29 is 9.90 Å². The zero-order valence-corrected chi connectivity index (χ0v) is 21.9. The number of carbonyl (C=O) groups excluding carboxylic acids is 1. The van der Waals surface area contributed by atoms with E-state index in [-0.39, 0.29) is 41.9 Å². The van der Waals surface area contributed by atoms with Crippen LogP contribution in [0.2, 0.25) is 0 Å². The lowest BCUT2D eigenvalue weighted by atomic mass is 9.72. The fourth-order valence-corrected chi connectivity index (χ4v) is 4.87. The highest BCUT2D eigenvalue weighted by Gasteiger charge is 2.31. The van der Waals surface area contributed by atoms with Crippen molar-refractivity contribution in [1.29, 1.82) is 0 Å². The van der Waals surface area contributed by atoms with Gasteiger partial charge in [-0.2, -0.15) is 0 Å². The first-order valence-corrected chi connectivity index (χ1v) is 12.2. The number of nitrogens with zero attached hydrogens (tertiary/aromatic N) is 2. The molecule has 7 heteroatoms. The molecule has 1 aliphatic carbocycles. The molecule has 3 rings (SSSR count). The third-order valence-corrected chi connectivity index (χ3v) is 6.80. The van der Waals surface area contributed by atoms with E-state index in [1.165, 1.54) is 38.5 Å². The van der Waals surface area contributed by atoms with E-state index in [1.54, 1.807) is 0 Å². The summed E-state index contributed by atoms with van der Waals surface area (Å²) in [4.78, 5) is 19.4. The molecule has 0 unspecified atom stereocenters. The van der Waals surface area contributed by atoms with Crippen LogP contribution in [0.5, 0.6) is 0 Å². The first kappa shape index (κ1) is 26.9. The predicted molar refractivity (Wildman–Crippen MR) is 142 cm³/mol. The van der Waals surface area contributed by atoms with Crippen molar-refractivity contribution in [3.05, 3.63) is 35.4 Å². The third kappa shape index (κ3) is 7.90. The number of aliphatic hydroxyl groups is 1. The Morgan fingerprint density at radius 1 is 1.03 bits per heavy atom. The Balaban J connectivity index is 0.00000363. The molecule has 1 saturated heterocycles. The van der Waals surface area contributed by atoms with Gasteiger partial charge in [0.15, 0.2) is 5.96 Å². The molecule has 1 aromatic carbocycles. The number of aliphatic imine (C=N–C) groups is 1. The summed E-state index contributed by atoms with van der Waals surface area (Å²) in [6.07, 6.45) is 10.4. The largest absolute Gasteiger partial charge is 0.396 e. The smallest absolute Gasteiger partial charge is 0.253 e. The number of halogens is 1. The fourth-order valence-electron chi connectivity index (χ4n) is 4.87. The van der Waals surface area contributed by atoms with Gasteiger partial charge < -0.3 is 20.6 Å². The van der Waals surface area contributed by atoms with Crippen molar-refractivity contribution in [2.24, 2.45) is 10.4 Å². The van der Waals surface area contributed by atoms with E-state index >= 15 is 0 Å². The molecule has 0 spiro atoms. The molecule has 0 aromatic heterocycles. The van der Waals surface area contributed by atoms with Gasteiger partial charge in [0.1, 0.15) is 0 Å². The maximum absolute atomic E-state index is 12.6. The number of aliphatic hydroxyl groups excluding tert-OH is 1. The molecule has 2 aliphatic rings. The van der Waals surface area contributed by atoms with Crippen molar-refractivity contribution in [2.45, 2.75) is 71.3 Å². The Morgan fingerprint density at radius 2 is 1.69 bits per heavy atom. The molecule has 1 heterocycles. The molecule has 1 saturated carbocycles. The number of piperidine rings is 1. The van der Waals surface area contributed by atoms with Gasteiger partial charge in [-0.15, -0.1) is 24.0 Å². The lowest BCUT2D eigenvalue weighted by Crippen LogP contribution is -2.44. The zero-order chi connectivity index (χ0) is 21.9. The summed E-state index contributed by atoms with van der Waals surface area (Å²) in [6.45, 7) is 6.30. The highest BCUT2D eigenvalue weighted by Crippen LogP contribution is 2.38. The van der Waals surface area contributed by atoms with Gasteiger partial charge in [0, 0.05) is 38.3 Å². The standard InChI is InChI=1S/C25H40N4O2.HI/c1-2-26-24(28-20-25(15-18-30)13-5-3-6-14-25)27-19-21-9-11-22(12-10-21)23(31)29-16-7-4-8-17-29;/h9-12,30H,2-8,13-20H2,1H3,(H2,26,27,28);1H. The Kier molecular flexibility index (Phi) is 11.8.